The fourth-order valence-corrected chi connectivity index (χ4v) is 5.40. The smallest absolute Gasteiger partial charge is 0.343 e. The molecule has 0 saturated carbocycles. The molecule has 3 aromatic heterocycles. The van der Waals surface area contributed by atoms with Crippen LogP contribution >= 0.6 is 27.5 Å². The van der Waals surface area contributed by atoms with E-state index in [2.05, 4.69) is 30.8 Å². The number of halogens is 2. The van der Waals surface area contributed by atoms with Crippen molar-refractivity contribution in [3.63, 3.8) is 0 Å². The normalized spacial score (nSPS) is 14.8. The van der Waals surface area contributed by atoms with Crippen molar-refractivity contribution in [2.24, 2.45) is 5.73 Å². The van der Waals surface area contributed by atoms with Crippen molar-refractivity contribution in [1.29, 1.82) is 0 Å². The molecule has 12 heteroatoms. The zero-order valence-corrected chi connectivity index (χ0v) is 24.7. The van der Waals surface area contributed by atoms with Crippen molar-refractivity contribution >= 4 is 50.1 Å². The molecule has 0 unspecified atom stereocenters. The standard InChI is InChI=1S/C29H29BrClN5O5/c1-2-39-29(38)21-16-36(18-7-8-26(30)34-15-18)23-14-24(22(31)13-20(23)27(21)37)35-11-4-5-19(35)17-41-28-25(40-12-9-32)6-3-10-33-28/h3,6-8,10,13-16,19H,2,4-5,9,11-12,17,32H2,1H3/t19-/m1/s1. The predicted octanol–water partition coefficient (Wildman–Crippen LogP) is 4.76. The third kappa shape index (κ3) is 6.17. The maximum atomic E-state index is 13.4. The molecule has 0 bridgehead atoms. The quantitative estimate of drug-likeness (QED) is 0.193. The van der Waals surface area contributed by atoms with E-state index in [0.717, 1.165) is 25.1 Å². The van der Waals surface area contributed by atoms with Crippen LogP contribution in [-0.2, 0) is 4.74 Å². The van der Waals surface area contributed by atoms with Crippen molar-refractivity contribution in [2.75, 3.05) is 37.8 Å². The Labute approximate surface area is 250 Å². The van der Waals surface area contributed by atoms with Gasteiger partial charge in [0.1, 0.15) is 23.4 Å². The molecule has 1 fully saturated rings. The number of carbonyl (C=O) groups is 1. The van der Waals surface area contributed by atoms with E-state index in [1.54, 1.807) is 48.1 Å². The molecule has 1 saturated heterocycles. The number of pyridine rings is 3. The number of rotatable bonds is 10. The minimum absolute atomic E-state index is 0.00244. The van der Waals surface area contributed by atoms with Crippen molar-refractivity contribution in [3.05, 3.63) is 80.4 Å². The second-order valence-corrected chi connectivity index (χ2v) is 10.6. The summed E-state index contributed by atoms with van der Waals surface area (Å²) in [7, 11) is 0. The number of ether oxygens (including phenoxy) is 3. The second kappa shape index (κ2) is 12.9. The fourth-order valence-electron chi connectivity index (χ4n) is 4.90. The number of benzene rings is 1. The highest BCUT2D eigenvalue weighted by Gasteiger charge is 2.29. The van der Waals surface area contributed by atoms with Crippen molar-refractivity contribution in [1.82, 2.24) is 14.5 Å². The Morgan fingerprint density at radius 2 is 2.07 bits per heavy atom. The van der Waals surface area contributed by atoms with Crippen LogP contribution in [0.5, 0.6) is 11.6 Å². The molecule has 4 heterocycles. The Morgan fingerprint density at radius 1 is 1.22 bits per heavy atom. The molecule has 0 spiro atoms. The first-order valence-corrected chi connectivity index (χ1v) is 14.4. The number of anilines is 1. The van der Waals surface area contributed by atoms with Crippen LogP contribution in [0.3, 0.4) is 0 Å². The highest BCUT2D eigenvalue weighted by atomic mass is 79.9. The topological polar surface area (TPSA) is 122 Å². The lowest BCUT2D eigenvalue weighted by Crippen LogP contribution is -2.34. The lowest BCUT2D eigenvalue weighted by Gasteiger charge is -2.28. The predicted molar refractivity (Wildman–Crippen MR) is 161 cm³/mol. The average Bonchev–Trinajstić information content (AvgIpc) is 3.44. The summed E-state index contributed by atoms with van der Waals surface area (Å²) in [5.74, 6) is 0.246. The molecule has 4 aromatic rings. The van der Waals surface area contributed by atoms with E-state index in [-0.39, 0.29) is 18.2 Å². The number of fused-ring (bicyclic) bond motifs is 1. The summed E-state index contributed by atoms with van der Waals surface area (Å²) >= 11 is 10.2. The van der Waals surface area contributed by atoms with E-state index in [0.29, 0.717) is 57.6 Å². The van der Waals surface area contributed by atoms with E-state index < -0.39 is 11.4 Å². The third-order valence-electron chi connectivity index (χ3n) is 6.77. The SMILES string of the molecule is CCOC(=O)c1cn(-c2ccc(Br)nc2)c2cc(N3CCC[C@@H]3COc3ncccc3OCCN)c(Cl)cc2c1=O. The van der Waals surface area contributed by atoms with Gasteiger partial charge in [0.25, 0.3) is 5.88 Å². The molecular formula is C29H29BrClN5O5. The molecule has 214 valence electrons. The number of aromatic nitrogens is 3. The molecule has 41 heavy (non-hydrogen) atoms. The van der Waals surface area contributed by atoms with Gasteiger partial charge < -0.3 is 29.4 Å². The van der Waals surface area contributed by atoms with Crippen molar-refractivity contribution in [3.8, 4) is 17.3 Å². The van der Waals surface area contributed by atoms with Gasteiger partial charge in [-0.05, 0) is 72.1 Å². The van der Waals surface area contributed by atoms with Crippen LogP contribution in [0.4, 0.5) is 5.69 Å². The summed E-state index contributed by atoms with van der Waals surface area (Å²) in [4.78, 5) is 37.0. The van der Waals surface area contributed by atoms with E-state index in [1.807, 2.05) is 12.1 Å². The second-order valence-electron chi connectivity index (χ2n) is 9.37. The van der Waals surface area contributed by atoms with Gasteiger partial charge in [-0.2, -0.15) is 0 Å². The van der Waals surface area contributed by atoms with Gasteiger partial charge in [0.15, 0.2) is 5.75 Å². The molecule has 1 aliphatic heterocycles. The summed E-state index contributed by atoms with van der Waals surface area (Å²) in [6.45, 7) is 3.69. The van der Waals surface area contributed by atoms with Gasteiger partial charge in [0.2, 0.25) is 5.43 Å². The van der Waals surface area contributed by atoms with Gasteiger partial charge in [-0.1, -0.05) is 11.6 Å². The molecule has 0 amide bonds. The number of hydrogen-bond acceptors (Lipinski definition) is 9. The molecule has 1 aromatic carbocycles. The summed E-state index contributed by atoms with van der Waals surface area (Å²) in [5.41, 5.74) is 7.06. The van der Waals surface area contributed by atoms with Crippen LogP contribution in [0.1, 0.15) is 30.1 Å². The number of hydrogen-bond donors (Lipinski definition) is 1. The van der Waals surface area contributed by atoms with E-state index in [4.69, 9.17) is 31.5 Å². The lowest BCUT2D eigenvalue weighted by molar-refractivity contribution is 0.0524. The Morgan fingerprint density at radius 3 is 2.83 bits per heavy atom. The van der Waals surface area contributed by atoms with Crippen LogP contribution in [0.15, 0.2) is 64.4 Å². The molecule has 1 atom stereocenters. The monoisotopic (exact) mass is 641 g/mol. The Balaban J connectivity index is 1.53. The van der Waals surface area contributed by atoms with Crippen LogP contribution in [0.25, 0.3) is 16.6 Å². The highest BCUT2D eigenvalue weighted by molar-refractivity contribution is 9.10. The van der Waals surface area contributed by atoms with Crippen LogP contribution in [0, 0.1) is 0 Å². The van der Waals surface area contributed by atoms with E-state index in [9.17, 15) is 9.59 Å². The zero-order valence-electron chi connectivity index (χ0n) is 22.4. The Hall–Kier alpha value is -3.67. The maximum absolute atomic E-state index is 13.4. The first kappa shape index (κ1) is 28.8. The average molecular weight is 643 g/mol. The summed E-state index contributed by atoms with van der Waals surface area (Å²) in [6.07, 6.45) is 6.62. The first-order chi connectivity index (χ1) is 19.9. The van der Waals surface area contributed by atoms with Gasteiger partial charge in [0, 0.05) is 30.9 Å². The van der Waals surface area contributed by atoms with Crippen LogP contribution < -0.4 is 25.5 Å². The first-order valence-electron chi connectivity index (χ1n) is 13.3. The van der Waals surface area contributed by atoms with Gasteiger partial charge in [-0.15, -0.1) is 0 Å². The number of carbonyl (C=O) groups excluding carboxylic acids is 1. The summed E-state index contributed by atoms with van der Waals surface area (Å²) in [5, 5.41) is 0.696. The number of nitrogens with two attached hydrogens (primary N) is 1. The molecule has 0 aliphatic carbocycles. The molecule has 5 rings (SSSR count). The summed E-state index contributed by atoms with van der Waals surface area (Å²) < 4.78 is 19.4. The third-order valence-corrected chi connectivity index (χ3v) is 7.54. The summed E-state index contributed by atoms with van der Waals surface area (Å²) in [6, 6.07) is 10.7. The van der Waals surface area contributed by atoms with Gasteiger partial charge >= 0.3 is 5.97 Å². The fraction of sp³-hybridized carbons (Fsp3) is 0.310. The van der Waals surface area contributed by atoms with Crippen LogP contribution in [-0.4, -0.2) is 59.5 Å². The molecule has 10 nitrogen and oxygen atoms in total. The Kier molecular flexibility index (Phi) is 9.06. The minimum Gasteiger partial charge on any atom is -0.487 e. The van der Waals surface area contributed by atoms with Crippen LogP contribution in [0.2, 0.25) is 5.02 Å². The number of esters is 1. The van der Waals surface area contributed by atoms with Crippen molar-refractivity contribution in [2.45, 2.75) is 25.8 Å². The zero-order chi connectivity index (χ0) is 28.9. The van der Waals surface area contributed by atoms with Gasteiger partial charge in [-0.25, -0.2) is 14.8 Å². The highest BCUT2D eigenvalue weighted by Crippen LogP contribution is 2.36. The number of nitrogens with zero attached hydrogens (tertiary/aromatic N) is 4. The van der Waals surface area contributed by atoms with Gasteiger partial charge in [0.05, 0.1) is 40.8 Å². The van der Waals surface area contributed by atoms with E-state index in [1.165, 1.54) is 6.20 Å². The minimum atomic E-state index is -0.695. The largest absolute Gasteiger partial charge is 0.487 e. The molecule has 1 aliphatic rings. The lowest BCUT2D eigenvalue weighted by atomic mass is 10.1. The molecule has 0 radical (unpaired) electrons. The Bertz CT molecular complexity index is 1610. The van der Waals surface area contributed by atoms with Crippen molar-refractivity contribution < 1.29 is 19.0 Å². The maximum Gasteiger partial charge on any atom is 0.343 e. The molecular weight excluding hydrogens is 614 g/mol. The van der Waals surface area contributed by atoms with Gasteiger partial charge in [-0.3, -0.25) is 4.79 Å². The molecule has 2 N–H and O–H groups in total. The van der Waals surface area contributed by atoms with E-state index >= 15 is 0 Å².